The molecule has 4 saturated carbocycles. The molecule has 0 aliphatic heterocycles. The first kappa shape index (κ1) is 14.4. The summed E-state index contributed by atoms with van der Waals surface area (Å²) >= 11 is 0. The normalized spacial score (nSPS) is 39.0. The van der Waals surface area contributed by atoms with Crippen LogP contribution >= 0.6 is 0 Å². The maximum absolute atomic E-state index is 12.6. The van der Waals surface area contributed by atoms with E-state index in [-0.39, 0.29) is 17.9 Å². The van der Waals surface area contributed by atoms with Crippen molar-refractivity contribution in [2.45, 2.75) is 52.4 Å². The quantitative estimate of drug-likeness (QED) is 0.812. The molecule has 0 aromatic carbocycles. The first-order valence-electron chi connectivity index (χ1n) is 8.37. The van der Waals surface area contributed by atoms with Crippen molar-refractivity contribution >= 4 is 5.91 Å². The van der Waals surface area contributed by atoms with Crippen LogP contribution in [0.3, 0.4) is 0 Å². The number of aliphatic hydroxyl groups is 1. The summed E-state index contributed by atoms with van der Waals surface area (Å²) in [6, 6.07) is 0. The molecule has 4 aliphatic carbocycles. The lowest BCUT2D eigenvalue weighted by atomic mass is 9.51. The van der Waals surface area contributed by atoms with Gasteiger partial charge in [-0.3, -0.25) is 4.79 Å². The van der Waals surface area contributed by atoms with Crippen molar-refractivity contribution < 1.29 is 9.90 Å². The summed E-state index contributed by atoms with van der Waals surface area (Å²) in [5.74, 6) is 3.75. The molecule has 4 bridgehead atoms. The topological polar surface area (TPSA) is 49.3 Å². The minimum absolute atomic E-state index is 0.00365. The van der Waals surface area contributed by atoms with Crippen molar-refractivity contribution in [3.05, 3.63) is 0 Å². The Labute approximate surface area is 122 Å². The number of carbonyl (C=O) groups excluding carboxylic acids is 1. The summed E-state index contributed by atoms with van der Waals surface area (Å²) in [5.41, 5.74) is -0.00365. The van der Waals surface area contributed by atoms with Crippen LogP contribution < -0.4 is 5.32 Å². The summed E-state index contributed by atoms with van der Waals surface area (Å²) < 4.78 is 0. The largest absolute Gasteiger partial charge is 0.396 e. The number of aliphatic hydroxyl groups excluding tert-OH is 1. The third kappa shape index (κ3) is 2.74. The minimum atomic E-state index is -0.00365. The first-order valence-corrected chi connectivity index (χ1v) is 8.37. The number of nitrogens with one attached hydrogen (secondary N) is 1. The molecule has 4 rings (SSSR count). The minimum Gasteiger partial charge on any atom is -0.396 e. The fourth-order valence-corrected chi connectivity index (χ4v) is 5.19. The first-order chi connectivity index (χ1) is 9.48. The summed E-state index contributed by atoms with van der Waals surface area (Å²) in [5, 5.41) is 12.3. The Balaban J connectivity index is 1.58. The molecule has 0 spiro atoms. The van der Waals surface area contributed by atoms with Gasteiger partial charge in [0, 0.05) is 19.1 Å². The van der Waals surface area contributed by atoms with E-state index in [1.807, 2.05) is 0 Å². The van der Waals surface area contributed by atoms with Gasteiger partial charge in [-0.2, -0.15) is 0 Å². The molecule has 0 saturated heterocycles. The van der Waals surface area contributed by atoms with Gasteiger partial charge < -0.3 is 10.4 Å². The van der Waals surface area contributed by atoms with Gasteiger partial charge in [-0.15, -0.1) is 0 Å². The molecule has 3 heteroatoms. The van der Waals surface area contributed by atoms with Crippen LogP contribution in [-0.4, -0.2) is 24.2 Å². The average molecular weight is 279 g/mol. The molecule has 4 aliphatic rings. The van der Waals surface area contributed by atoms with Gasteiger partial charge in [0.05, 0.1) is 0 Å². The van der Waals surface area contributed by atoms with Crippen molar-refractivity contribution in [3.63, 3.8) is 0 Å². The highest BCUT2D eigenvalue weighted by Gasteiger charge is 2.50. The number of carbonyl (C=O) groups is 1. The number of rotatable bonds is 5. The van der Waals surface area contributed by atoms with Gasteiger partial charge >= 0.3 is 0 Å². The van der Waals surface area contributed by atoms with Gasteiger partial charge in [-0.25, -0.2) is 0 Å². The molecule has 114 valence electrons. The zero-order chi connectivity index (χ0) is 14.3. The maximum atomic E-state index is 12.6. The van der Waals surface area contributed by atoms with Gasteiger partial charge in [-0.05, 0) is 67.6 Å². The number of hydrogen-bond donors (Lipinski definition) is 2. The smallest absolute Gasteiger partial charge is 0.223 e. The highest BCUT2D eigenvalue weighted by molar-refractivity contribution is 5.79. The van der Waals surface area contributed by atoms with Crippen LogP contribution in [0.5, 0.6) is 0 Å². The van der Waals surface area contributed by atoms with Crippen molar-refractivity contribution in [2.24, 2.45) is 35.0 Å². The second-order valence-electron chi connectivity index (χ2n) is 8.31. The monoisotopic (exact) mass is 279 g/mol. The Morgan fingerprint density at radius 2 is 1.65 bits per heavy atom. The van der Waals surface area contributed by atoms with Gasteiger partial charge in [0.25, 0.3) is 0 Å². The van der Waals surface area contributed by atoms with Crippen LogP contribution in [0.15, 0.2) is 0 Å². The van der Waals surface area contributed by atoms with E-state index in [0.717, 1.165) is 18.3 Å². The van der Waals surface area contributed by atoms with Gasteiger partial charge in [0.2, 0.25) is 5.91 Å². The molecule has 20 heavy (non-hydrogen) atoms. The second kappa shape index (κ2) is 5.32. The molecule has 0 atom stereocenters. The van der Waals surface area contributed by atoms with E-state index in [1.165, 1.54) is 32.1 Å². The predicted octanol–water partition coefficient (Wildman–Crippen LogP) is 2.58. The molecular formula is C17H29NO2. The fourth-order valence-electron chi connectivity index (χ4n) is 5.19. The van der Waals surface area contributed by atoms with E-state index in [1.54, 1.807) is 0 Å². The summed E-state index contributed by atoms with van der Waals surface area (Å²) in [7, 11) is 0. The third-order valence-electron chi connectivity index (χ3n) is 6.06. The summed E-state index contributed by atoms with van der Waals surface area (Å²) in [4.78, 5) is 12.6. The van der Waals surface area contributed by atoms with Crippen LogP contribution in [0.25, 0.3) is 0 Å². The Morgan fingerprint density at radius 1 is 1.10 bits per heavy atom. The molecular weight excluding hydrogens is 250 g/mol. The van der Waals surface area contributed by atoms with Crippen LogP contribution in [0.2, 0.25) is 0 Å². The molecule has 0 heterocycles. The highest BCUT2D eigenvalue weighted by atomic mass is 16.3. The van der Waals surface area contributed by atoms with Crippen molar-refractivity contribution in [1.29, 1.82) is 0 Å². The fraction of sp³-hybridized carbons (Fsp3) is 0.941. The van der Waals surface area contributed by atoms with Crippen molar-refractivity contribution in [2.75, 3.05) is 13.2 Å². The molecule has 0 aromatic heterocycles. The van der Waals surface area contributed by atoms with Crippen LogP contribution in [-0.2, 0) is 4.79 Å². The molecule has 3 nitrogen and oxygen atoms in total. The third-order valence-corrected chi connectivity index (χ3v) is 6.06. The van der Waals surface area contributed by atoms with Crippen LogP contribution in [0.4, 0.5) is 0 Å². The standard InChI is InChI=1S/C17H29NO2/c1-17(2,3-4-19)10-18-16(20)15-13-6-11-5-12(8-13)9-14(15)7-11/h11-15,19H,3-10H2,1-2H3,(H,18,20). The van der Waals surface area contributed by atoms with Gasteiger partial charge in [0.1, 0.15) is 0 Å². The van der Waals surface area contributed by atoms with Crippen LogP contribution in [0, 0.1) is 35.0 Å². The van der Waals surface area contributed by atoms with E-state index < -0.39 is 0 Å². The van der Waals surface area contributed by atoms with E-state index in [4.69, 9.17) is 5.11 Å². The zero-order valence-electron chi connectivity index (χ0n) is 12.9. The highest BCUT2D eigenvalue weighted by Crippen LogP contribution is 2.56. The molecule has 0 aromatic rings. The predicted molar refractivity (Wildman–Crippen MR) is 79.0 cm³/mol. The summed E-state index contributed by atoms with van der Waals surface area (Å²) in [6.07, 6.45) is 7.37. The Kier molecular flexibility index (Phi) is 3.83. The van der Waals surface area contributed by atoms with E-state index in [9.17, 15) is 4.79 Å². The average Bonchev–Trinajstić information content (AvgIpc) is 2.35. The van der Waals surface area contributed by atoms with E-state index in [2.05, 4.69) is 19.2 Å². The molecule has 0 radical (unpaired) electrons. The molecule has 1 amide bonds. The Morgan fingerprint density at radius 3 is 2.15 bits per heavy atom. The Bertz CT molecular complexity index is 349. The SMILES string of the molecule is CC(C)(CCO)CNC(=O)C1C2CC3CC(C2)CC1C3. The maximum Gasteiger partial charge on any atom is 0.223 e. The number of hydrogen-bond acceptors (Lipinski definition) is 2. The second-order valence-corrected chi connectivity index (χ2v) is 8.31. The Hall–Kier alpha value is -0.570. The molecule has 4 fully saturated rings. The van der Waals surface area contributed by atoms with E-state index in [0.29, 0.717) is 24.3 Å². The van der Waals surface area contributed by atoms with Gasteiger partial charge in [0.15, 0.2) is 0 Å². The molecule has 0 unspecified atom stereocenters. The van der Waals surface area contributed by atoms with Crippen molar-refractivity contribution in [3.8, 4) is 0 Å². The zero-order valence-corrected chi connectivity index (χ0v) is 12.9. The van der Waals surface area contributed by atoms with Crippen molar-refractivity contribution in [1.82, 2.24) is 5.32 Å². The molecule has 2 N–H and O–H groups in total. The van der Waals surface area contributed by atoms with Crippen LogP contribution in [0.1, 0.15) is 52.4 Å². The lowest BCUT2D eigenvalue weighted by Crippen LogP contribution is -2.52. The number of amides is 1. The summed E-state index contributed by atoms with van der Waals surface area (Å²) in [6.45, 7) is 5.11. The van der Waals surface area contributed by atoms with E-state index >= 15 is 0 Å². The lowest BCUT2D eigenvalue weighted by molar-refractivity contribution is -0.138. The lowest BCUT2D eigenvalue weighted by Gasteiger charge is -2.53. The van der Waals surface area contributed by atoms with Gasteiger partial charge in [-0.1, -0.05) is 13.8 Å².